The van der Waals surface area contributed by atoms with E-state index in [9.17, 15) is 30.7 Å². The molecule has 29 heavy (non-hydrogen) atoms. The standard InChI is InChI=1S/C17H11F7N4O/c18-15(19,16(20,21)22)17(23,24)29-13-7-5-12(6-8-13)28-9-26-14(27-28)10-1-3-11(25)4-2-10/h1-9H,25H2. The number of halogens is 7. The second-order valence-corrected chi connectivity index (χ2v) is 5.82. The number of rotatable bonds is 5. The molecule has 1 heterocycles. The molecule has 0 unspecified atom stereocenters. The molecule has 0 aliphatic heterocycles. The van der Waals surface area contributed by atoms with Crippen LogP contribution in [0, 0.1) is 0 Å². The molecular formula is C17H11F7N4O. The van der Waals surface area contributed by atoms with Crippen molar-refractivity contribution in [3.63, 3.8) is 0 Å². The lowest BCUT2D eigenvalue weighted by Gasteiger charge is -2.27. The van der Waals surface area contributed by atoms with Gasteiger partial charge in [0, 0.05) is 11.3 Å². The number of nitrogens with two attached hydrogens (primary N) is 1. The largest absolute Gasteiger partial charge is 0.474 e. The normalized spacial score (nSPS) is 12.8. The molecule has 0 aliphatic carbocycles. The summed E-state index contributed by atoms with van der Waals surface area (Å²) in [5, 5.41) is 4.16. The summed E-state index contributed by atoms with van der Waals surface area (Å²) in [6.45, 7) is 0. The third-order valence-electron chi connectivity index (χ3n) is 3.73. The first kappa shape index (κ1) is 20.4. The minimum absolute atomic E-state index is 0.275. The highest BCUT2D eigenvalue weighted by molar-refractivity contribution is 5.58. The molecule has 0 aliphatic rings. The molecule has 0 fully saturated rings. The quantitative estimate of drug-likeness (QED) is 0.481. The van der Waals surface area contributed by atoms with E-state index in [0.717, 1.165) is 24.3 Å². The van der Waals surface area contributed by atoms with Crippen LogP contribution >= 0.6 is 0 Å². The Morgan fingerprint density at radius 1 is 0.828 bits per heavy atom. The van der Waals surface area contributed by atoms with E-state index in [0.29, 0.717) is 17.1 Å². The monoisotopic (exact) mass is 420 g/mol. The summed E-state index contributed by atoms with van der Waals surface area (Å²) in [6, 6.07) is 10.5. The van der Waals surface area contributed by atoms with Gasteiger partial charge in [0.1, 0.15) is 12.1 Å². The summed E-state index contributed by atoms with van der Waals surface area (Å²) < 4.78 is 93.7. The fourth-order valence-corrected chi connectivity index (χ4v) is 2.20. The van der Waals surface area contributed by atoms with E-state index < -0.39 is 24.0 Å². The van der Waals surface area contributed by atoms with E-state index in [1.54, 1.807) is 24.3 Å². The van der Waals surface area contributed by atoms with E-state index in [4.69, 9.17) is 5.73 Å². The van der Waals surface area contributed by atoms with Gasteiger partial charge in [0.25, 0.3) is 0 Å². The fraction of sp³-hybridized carbons (Fsp3) is 0.176. The maximum atomic E-state index is 13.3. The Morgan fingerprint density at radius 3 is 1.97 bits per heavy atom. The number of nitrogen functional groups attached to an aromatic ring is 1. The Labute approximate surface area is 158 Å². The van der Waals surface area contributed by atoms with Crippen LogP contribution in [0.2, 0.25) is 0 Å². The third kappa shape index (κ3) is 3.96. The van der Waals surface area contributed by atoms with Crippen molar-refractivity contribution in [2.45, 2.75) is 18.2 Å². The van der Waals surface area contributed by atoms with Gasteiger partial charge in [-0.1, -0.05) is 0 Å². The van der Waals surface area contributed by atoms with Crippen molar-refractivity contribution in [3.8, 4) is 22.8 Å². The van der Waals surface area contributed by atoms with Crippen LogP contribution in [0.1, 0.15) is 0 Å². The van der Waals surface area contributed by atoms with E-state index in [-0.39, 0.29) is 5.69 Å². The van der Waals surface area contributed by atoms with E-state index >= 15 is 0 Å². The number of hydrogen-bond donors (Lipinski definition) is 1. The molecule has 154 valence electrons. The Morgan fingerprint density at radius 2 is 1.41 bits per heavy atom. The van der Waals surface area contributed by atoms with Gasteiger partial charge in [0.15, 0.2) is 5.82 Å². The third-order valence-corrected chi connectivity index (χ3v) is 3.73. The summed E-state index contributed by atoms with van der Waals surface area (Å²) >= 11 is 0. The van der Waals surface area contributed by atoms with Crippen LogP contribution in [0.4, 0.5) is 36.4 Å². The van der Waals surface area contributed by atoms with Crippen LogP contribution in [0.25, 0.3) is 17.1 Å². The van der Waals surface area contributed by atoms with Crippen LogP contribution in [0.5, 0.6) is 5.75 Å². The molecular weight excluding hydrogens is 409 g/mol. The van der Waals surface area contributed by atoms with Gasteiger partial charge < -0.3 is 10.5 Å². The molecule has 0 atom stereocenters. The van der Waals surface area contributed by atoms with Crippen molar-refractivity contribution in [1.29, 1.82) is 0 Å². The average molecular weight is 420 g/mol. The molecule has 2 aromatic carbocycles. The molecule has 1 aromatic heterocycles. The maximum Gasteiger partial charge on any atom is 0.474 e. The van der Waals surface area contributed by atoms with Crippen LogP contribution in [0.15, 0.2) is 54.9 Å². The maximum absolute atomic E-state index is 13.3. The summed E-state index contributed by atoms with van der Waals surface area (Å²) in [5.74, 6) is -6.93. The van der Waals surface area contributed by atoms with Crippen LogP contribution < -0.4 is 10.5 Å². The summed E-state index contributed by atoms with van der Waals surface area (Å²) in [4.78, 5) is 4.07. The molecule has 3 rings (SSSR count). The molecule has 0 amide bonds. The molecule has 0 saturated heterocycles. The second kappa shape index (κ2) is 6.94. The number of nitrogens with zero attached hydrogens (tertiary/aromatic N) is 3. The number of hydrogen-bond acceptors (Lipinski definition) is 4. The van der Waals surface area contributed by atoms with Gasteiger partial charge in [-0.05, 0) is 48.5 Å². The molecule has 0 bridgehead atoms. The molecule has 5 nitrogen and oxygen atoms in total. The average Bonchev–Trinajstić information content (AvgIpc) is 3.11. The van der Waals surface area contributed by atoms with Gasteiger partial charge in [-0.25, -0.2) is 9.67 Å². The minimum Gasteiger partial charge on any atom is -0.428 e. The number of ether oxygens (including phenoxy) is 1. The van der Waals surface area contributed by atoms with Crippen molar-refractivity contribution in [2.75, 3.05) is 5.73 Å². The van der Waals surface area contributed by atoms with Crippen molar-refractivity contribution < 1.29 is 35.5 Å². The van der Waals surface area contributed by atoms with E-state index in [2.05, 4.69) is 14.8 Å². The van der Waals surface area contributed by atoms with Gasteiger partial charge in [-0.3, -0.25) is 0 Å². The lowest BCUT2D eigenvalue weighted by atomic mass is 10.2. The molecule has 2 N–H and O–H groups in total. The lowest BCUT2D eigenvalue weighted by Crippen LogP contribution is -2.55. The zero-order valence-electron chi connectivity index (χ0n) is 14.2. The zero-order valence-corrected chi connectivity index (χ0v) is 14.2. The first-order valence-electron chi connectivity index (χ1n) is 7.80. The lowest BCUT2D eigenvalue weighted by molar-refractivity contribution is -0.402. The molecule has 0 spiro atoms. The Bertz CT molecular complexity index is 982. The fourth-order valence-electron chi connectivity index (χ4n) is 2.20. The Hall–Kier alpha value is -3.31. The van der Waals surface area contributed by atoms with Gasteiger partial charge in [0.05, 0.1) is 5.69 Å². The van der Waals surface area contributed by atoms with Crippen molar-refractivity contribution in [3.05, 3.63) is 54.9 Å². The van der Waals surface area contributed by atoms with Gasteiger partial charge in [0.2, 0.25) is 0 Å². The highest BCUT2D eigenvalue weighted by atomic mass is 19.4. The zero-order chi connectivity index (χ0) is 21.4. The molecule has 3 aromatic rings. The summed E-state index contributed by atoms with van der Waals surface area (Å²) in [7, 11) is 0. The highest BCUT2D eigenvalue weighted by Gasteiger charge is 2.75. The SMILES string of the molecule is Nc1ccc(-c2ncn(-c3ccc(OC(F)(F)C(F)(F)C(F)(F)F)cc3)n2)cc1. The van der Waals surface area contributed by atoms with Crippen LogP contribution in [-0.2, 0) is 0 Å². The predicted octanol–water partition coefficient (Wildman–Crippen LogP) is 4.69. The number of anilines is 1. The Balaban J connectivity index is 1.78. The van der Waals surface area contributed by atoms with Gasteiger partial charge in [-0.2, -0.15) is 30.7 Å². The number of aromatic nitrogens is 3. The molecule has 0 radical (unpaired) electrons. The Kier molecular flexibility index (Phi) is 4.89. The van der Waals surface area contributed by atoms with Crippen molar-refractivity contribution >= 4 is 5.69 Å². The van der Waals surface area contributed by atoms with Crippen LogP contribution in [0.3, 0.4) is 0 Å². The first-order chi connectivity index (χ1) is 13.4. The highest BCUT2D eigenvalue weighted by Crippen LogP contribution is 2.47. The number of benzene rings is 2. The predicted molar refractivity (Wildman–Crippen MR) is 87.8 cm³/mol. The smallest absolute Gasteiger partial charge is 0.428 e. The molecule has 12 heteroatoms. The summed E-state index contributed by atoms with van der Waals surface area (Å²) in [6.07, 6.45) is -11.0. The second-order valence-electron chi connectivity index (χ2n) is 5.82. The summed E-state index contributed by atoms with van der Waals surface area (Å²) in [5.41, 5.74) is 7.05. The van der Waals surface area contributed by atoms with Gasteiger partial charge in [-0.15, -0.1) is 5.10 Å². The van der Waals surface area contributed by atoms with Crippen molar-refractivity contribution in [2.24, 2.45) is 0 Å². The van der Waals surface area contributed by atoms with Gasteiger partial charge >= 0.3 is 18.2 Å². The minimum atomic E-state index is -6.48. The first-order valence-corrected chi connectivity index (χ1v) is 7.80. The van der Waals surface area contributed by atoms with Crippen molar-refractivity contribution in [1.82, 2.24) is 14.8 Å². The number of alkyl halides is 7. The van der Waals surface area contributed by atoms with Crippen LogP contribution in [-0.4, -0.2) is 33.0 Å². The van der Waals surface area contributed by atoms with E-state index in [1.165, 1.54) is 11.0 Å². The molecule has 0 saturated carbocycles. The van der Waals surface area contributed by atoms with E-state index in [1.807, 2.05) is 0 Å². The topological polar surface area (TPSA) is 66.0 Å².